The Kier molecular flexibility index (Phi) is 68.1. The molecule has 0 heterocycles. The van der Waals surface area contributed by atoms with Crippen LogP contribution >= 0.6 is 15.6 Å². The van der Waals surface area contributed by atoms with Crippen LogP contribution in [0, 0.1) is 0 Å². The lowest BCUT2D eigenvalue weighted by molar-refractivity contribution is -0.161. The minimum Gasteiger partial charge on any atom is -0.462 e. The van der Waals surface area contributed by atoms with E-state index in [2.05, 4.69) is 27.7 Å². The quantitative estimate of drug-likeness (QED) is 0.0222. The summed E-state index contributed by atoms with van der Waals surface area (Å²) in [5.41, 5.74) is 0. The molecule has 17 nitrogen and oxygen atoms in total. The van der Waals surface area contributed by atoms with Gasteiger partial charge in [-0.2, -0.15) is 0 Å². The summed E-state index contributed by atoms with van der Waals surface area (Å²) >= 11 is 0. The highest BCUT2D eigenvalue weighted by Crippen LogP contribution is 2.45. The van der Waals surface area contributed by atoms with E-state index in [9.17, 15) is 43.2 Å². The molecule has 0 aliphatic rings. The molecule has 0 radical (unpaired) electrons. The Morgan fingerprint density at radius 1 is 0.255 bits per heavy atom. The first-order chi connectivity index (χ1) is 45.7. The molecule has 94 heavy (non-hydrogen) atoms. The molecule has 0 saturated carbocycles. The number of hydrogen-bond acceptors (Lipinski definition) is 15. The molecular weight excluding hydrogens is 1230 g/mol. The topological polar surface area (TPSA) is 237 Å². The van der Waals surface area contributed by atoms with Gasteiger partial charge in [-0.05, 0) is 25.7 Å². The summed E-state index contributed by atoms with van der Waals surface area (Å²) < 4.78 is 68.5. The van der Waals surface area contributed by atoms with Crippen LogP contribution in [0.4, 0.5) is 0 Å². The zero-order valence-corrected chi connectivity index (χ0v) is 62.7. The molecule has 0 aromatic heterocycles. The van der Waals surface area contributed by atoms with E-state index >= 15 is 0 Å². The summed E-state index contributed by atoms with van der Waals surface area (Å²) in [6, 6.07) is 0. The summed E-state index contributed by atoms with van der Waals surface area (Å²) in [6.45, 7) is 5.00. The van der Waals surface area contributed by atoms with Crippen molar-refractivity contribution in [1.29, 1.82) is 0 Å². The van der Waals surface area contributed by atoms with Gasteiger partial charge in [-0.1, -0.05) is 349 Å². The van der Waals surface area contributed by atoms with Gasteiger partial charge in [0.15, 0.2) is 12.2 Å². The number of carbonyl (C=O) groups is 4. The van der Waals surface area contributed by atoms with Crippen LogP contribution in [0.3, 0.4) is 0 Å². The van der Waals surface area contributed by atoms with Gasteiger partial charge in [0.25, 0.3) is 0 Å². The van der Waals surface area contributed by atoms with Crippen LogP contribution in [0.1, 0.15) is 400 Å². The first-order valence-corrected chi connectivity index (χ1v) is 42.3. The normalized spacial score (nSPS) is 13.9. The van der Waals surface area contributed by atoms with Crippen LogP contribution in [-0.2, 0) is 65.4 Å². The first kappa shape index (κ1) is 92.1. The SMILES string of the molecule is CCCCCCCCCCCCCCCCCC(=O)OC[C@H](COP(=O)(O)OC[C@H](O)COP(=O)(O)OC[C@@H](COC(=O)CCCCCCCCCCCCCCC)OC(=O)CCCCCCCCCCCCCCC)OC(=O)CCCCCCCCCCCCCCC. The predicted octanol–water partition coefficient (Wildman–Crippen LogP) is 22.2. The van der Waals surface area contributed by atoms with Crippen molar-refractivity contribution in [3.8, 4) is 0 Å². The van der Waals surface area contributed by atoms with Crippen molar-refractivity contribution in [2.75, 3.05) is 39.6 Å². The Hall–Kier alpha value is -1.94. The number of carbonyl (C=O) groups excluding carboxylic acids is 4. The Balaban J connectivity index is 5.25. The molecule has 0 aliphatic heterocycles. The average Bonchev–Trinajstić information content (AvgIpc) is 1.67. The van der Waals surface area contributed by atoms with E-state index in [-0.39, 0.29) is 25.7 Å². The van der Waals surface area contributed by atoms with Gasteiger partial charge in [-0.25, -0.2) is 9.13 Å². The molecule has 0 amide bonds. The van der Waals surface area contributed by atoms with Crippen LogP contribution in [0.15, 0.2) is 0 Å². The highest BCUT2D eigenvalue weighted by atomic mass is 31.2. The summed E-state index contributed by atoms with van der Waals surface area (Å²) in [4.78, 5) is 72.8. The number of aliphatic hydroxyl groups excluding tert-OH is 1. The Labute approximate surface area is 575 Å². The highest BCUT2D eigenvalue weighted by molar-refractivity contribution is 7.47. The third-order valence-electron chi connectivity index (χ3n) is 17.6. The molecule has 0 rings (SSSR count). The summed E-state index contributed by atoms with van der Waals surface area (Å²) in [6.07, 6.45) is 59.3. The standard InChI is InChI=1S/C75H146O17P2/c1-5-9-13-17-21-25-29-33-34-38-40-44-48-52-56-60-73(78)86-66-71(92-75(80)62-58-54-50-46-42-37-32-28-24-20-16-12-8-4)68-90-94(83,84)88-64-69(76)63-87-93(81,82)89-67-70(91-74(79)61-57-53-49-45-41-36-31-27-23-19-15-11-7-3)65-85-72(77)59-55-51-47-43-39-35-30-26-22-18-14-10-6-2/h69-71,76H,5-68H2,1-4H3,(H,81,82)(H,83,84)/t69-,70-,71-/m1/s1. The number of unbranched alkanes of at least 4 members (excludes halogenated alkanes) is 50. The van der Waals surface area contributed by atoms with Gasteiger partial charge in [-0.15, -0.1) is 0 Å². The summed E-state index contributed by atoms with van der Waals surface area (Å²) in [7, 11) is -9.91. The fraction of sp³-hybridized carbons (Fsp3) is 0.947. The first-order valence-electron chi connectivity index (χ1n) is 39.3. The van der Waals surface area contributed by atoms with Crippen LogP contribution in [-0.4, -0.2) is 96.7 Å². The molecule has 2 unspecified atom stereocenters. The Morgan fingerprint density at radius 3 is 0.628 bits per heavy atom. The van der Waals surface area contributed by atoms with Crippen LogP contribution in [0.2, 0.25) is 0 Å². The Morgan fingerprint density at radius 2 is 0.426 bits per heavy atom. The number of aliphatic hydroxyl groups is 1. The lowest BCUT2D eigenvalue weighted by Crippen LogP contribution is -2.30. The van der Waals surface area contributed by atoms with Crippen molar-refractivity contribution in [1.82, 2.24) is 0 Å². The van der Waals surface area contributed by atoms with Crippen LogP contribution < -0.4 is 0 Å². The fourth-order valence-corrected chi connectivity index (χ4v) is 13.2. The molecule has 0 saturated heterocycles. The molecule has 0 aromatic rings. The molecule has 19 heteroatoms. The second-order valence-corrected chi connectivity index (χ2v) is 29.9. The van der Waals surface area contributed by atoms with E-state index in [1.54, 1.807) is 0 Å². The van der Waals surface area contributed by atoms with Gasteiger partial charge in [0, 0.05) is 25.7 Å². The molecule has 0 bridgehead atoms. The van der Waals surface area contributed by atoms with Gasteiger partial charge in [0.1, 0.15) is 19.3 Å². The van der Waals surface area contributed by atoms with E-state index in [1.807, 2.05) is 0 Å². The van der Waals surface area contributed by atoms with E-state index in [4.69, 9.17) is 37.0 Å². The van der Waals surface area contributed by atoms with E-state index in [1.165, 1.54) is 231 Å². The molecule has 558 valence electrons. The zero-order valence-electron chi connectivity index (χ0n) is 60.9. The Bertz CT molecular complexity index is 1790. The van der Waals surface area contributed by atoms with Crippen LogP contribution in [0.5, 0.6) is 0 Å². The van der Waals surface area contributed by atoms with Crippen molar-refractivity contribution < 1.29 is 80.2 Å². The largest absolute Gasteiger partial charge is 0.472 e. The zero-order chi connectivity index (χ0) is 69.0. The van der Waals surface area contributed by atoms with Gasteiger partial charge < -0.3 is 33.8 Å². The predicted molar refractivity (Wildman–Crippen MR) is 382 cm³/mol. The van der Waals surface area contributed by atoms with Crippen molar-refractivity contribution in [2.24, 2.45) is 0 Å². The lowest BCUT2D eigenvalue weighted by Gasteiger charge is -2.21. The number of phosphoric acid groups is 2. The maximum atomic E-state index is 13.1. The molecule has 0 aromatic carbocycles. The number of phosphoric ester groups is 2. The third kappa shape index (κ3) is 68.6. The van der Waals surface area contributed by atoms with E-state index in [0.717, 1.165) is 89.9 Å². The number of esters is 4. The maximum Gasteiger partial charge on any atom is 0.472 e. The van der Waals surface area contributed by atoms with E-state index in [0.29, 0.717) is 25.7 Å². The summed E-state index contributed by atoms with van der Waals surface area (Å²) in [5, 5.41) is 10.6. The molecule has 3 N–H and O–H groups in total. The number of rotatable bonds is 76. The molecular formula is C75H146O17P2. The van der Waals surface area contributed by atoms with Crippen LogP contribution in [0.25, 0.3) is 0 Å². The van der Waals surface area contributed by atoms with E-state index < -0.39 is 97.5 Å². The van der Waals surface area contributed by atoms with Crippen molar-refractivity contribution >= 4 is 39.5 Å². The number of hydrogen-bond donors (Lipinski definition) is 3. The molecule has 0 aliphatic carbocycles. The van der Waals surface area contributed by atoms with Crippen molar-refractivity contribution in [3.63, 3.8) is 0 Å². The number of ether oxygens (including phenoxy) is 4. The second kappa shape index (κ2) is 69.5. The maximum absolute atomic E-state index is 13.1. The molecule has 0 fully saturated rings. The molecule has 5 atom stereocenters. The van der Waals surface area contributed by atoms with Crippen molar-refractivity contribution in [3.05, 3.63) is 0 Å². The minimum atomic E-state index is -4.95. The van der Waals surface area contributed by atoms with Gasteiger partial charge >= 0.3 is 39.5 Å². The molecule has 0 spiro atoms. The lowest BCUT2D eigenvalue weighted by atomic mass is 10.0. The summed E-state index contributed by atoms with van der Waals surface area (Å²) in [5.74, 6) is -2.11. The third-order valence-corrected chi connectivity index (χ3v) is 19.5. The van der Waals surface area contributed by atoms with Gasteiger partial charge in [0.05, 0.1) is 26.4 Å². The highest BCUT2D eigenvalue weighted by Gasteiger charge is 2.30. The smallest absolute Gasteiger partial charge is 0.462 e. The average molecular weight is 1380 g/mol. The minimum absolute atomic E-state index is 0.109. The fourth-order valence-electron chi connectivity index (χ4n) is 11.6. The van der Waals surface area contributed by atoms with Gasteiger partial charge in [0.2, 0.25) is 0 Å². The second-order valence-electron chi connectivity index (χ2n) is 27.0. The van der Waals surface area contributed by atoms with Crippen molar-refractivity contribution in [2.45, 2.75) is 418 Å². The monoisotopic (exact) mass is 1380 g/mol. The van der Waals surface area contributed by atoms with Gasteiger partial charge in [-0.3, -0.25) is 37.3 Å².